The number of nitrogens with zero attached hydrogens (tertiary/aromatic N) is 1. The summed E-state index contributed by atoms with van der Waals surface area (Å²) in [5, 5.41) is -0.186. The summed E-state index contributed by atoms with van der Waals surface area (Å²) in [4.78, 5) is 5.12. The van der Waals surface area contributed by atoms with Gasteiger partial charge in [0.2, 0.25) is 10.0 Å². The molecule has 0 N–H and O–H groups in total. The first-order chi connectivity index (χ1) is 6.71. The summed E-state index contributed by atoms with van der Waals surface area (Å²) in [7, 11) is -3.15. The van der Waals surface area contributed by atoms with E-state index in [9.17, 15) is 8.42 Å². The molecule has 0 atom stereocenters. The monoisotopic (exact) mass is 219 g/mol. The zero-order valence-electron chi connectivity index (χ0n) is 8.31. The summed E-state index contributed by atoms with van der Waals surface area (Å²) in [5.74, 6) is 0. The Morgan fingerprint density at radius 1 is 1.07 bits per heavy atom. The fourth-order valence-electron chi connectivity index (χ4n) is 2.15. The number of sulfonamides is 1. The average Bonchev–Trinajstić information content (AvgIpc) is 2.72. The highest BCUT2D eigenvalue weighted by Gasteiger charge is 2.35. The molecule has 0 aromatic carbocycles. The third kappa shape index (κ3) is 1.94. The van der Waals surface area contributed by atoms with Crippen molar-refractivity contribution in [1.82, 2.24) is 4.47 Å². The molecule has 1 saturated heterocycles. The zero-order chi connectivity index (χ0) is 10.0. The fourth-order valence-corrected chi connectivity index (χ4v) is 4.02. The maximum absolute atomic E-state index is 12.0. The predicted octanol–water partition coefficient (Wildman–Crippen LogP) is 1.29. The second-order valence-corrected chi connectivity index (χ2v) is 6.12. The number of hydrogen-bond acceptors (Lipinski definition) is 3. The molecule has 0 unspecified atom stereocenters. The van der Waals surface area contributed by atoms with Crippen molar-refractivity contribution in [2.75, 3.05) is 13.2 Å². The van der Waals surface area contributed by atoms with E-state index in [0.717, 1.165) is 32.1 Å². The maximum Gasteiger partial charge on any atom is 0.238 e. The molecule has 1 aliphatic carbocycles. The van der Waals surface area contributed by atoms with E-state index >= 15 is 0 Å². The average molecular weight is 219 g/mol. The van der Waals surface area contributed by atoms with Gasteiger partial charge in [0.05, 0.1) is 11.9 Å². The van der Waals surface area contributed by atoms with E-state index in [0.29, 0.717) is 13.2 Å². The van der Waals surface area contributed by atoms with Gasteiger partial charge >= 0.3 is 0 Å². The quantitative estimate of drug-likeness (QED) is 0.703. The van der Waals surface area contributed by atoms with Crippen LogP contribution in [0.3, 0.4) is 0 Å². The minimum Gasteiger partial charge on any atom is -0.284 e. The molecule has 82 valence electrons. The van der Waals surface area contributed by atoms with Gasteiger partial charge in [-0.3, -0.25) is 4.84 Å². The van der Waals surface area contributed by atoms with Gasteiger partial charge in [-0.15, -0.1) is 0 Å². The summed E-state index contributed by atoms with van der Waals surface area (Å²) in [6.45, 7) is 1.09. The van der Waals surface area contributed by atoms with E-state index in [2.05, 4.69) is 0 Å². The van der Waals surface area contributed by atoms with Crippen molar-refractivity contribution in [1.29, 1.82) is 0 Å². The normalized spacial score (nSPS) is 26.9. The van der Waals surface area contributed by atoms with Crippen LogP contribution >= 0.6 is 0 Å². The lowest BCUT2D eigenvalue weighted by molar-refractivity contribution is -0.0297. The predicted molar refractivity (Wildman–Crippen MR) is 53.1 cm³/mol. The van der Waals surface area contributed by atoms with Crippen LogP contribution in [0.5, 0.6) is 0 Å². The Bertz CT molecular complexity index is 276. The molecule has 1 aliphatic heterocycles. The second kappa shape index (κ2) is 4.16. The minimum absolute atomic E-state index is 0.186. The lowest BCUT2D eigenvalue weighted by Gasteiger charge is -2.25. The third-order valence-electron chi connectivity index (χ3n) is 2.98. The topological polar surface area (TPSA) is 46.6 Å². The van der Waals surface area contributed by atoms with E-state index in [1.807, 2.05) is 0 Å². The van der Waals surface area contributed by atoms with Crippen molar-refractivity contribution in [3.05, 3.63) is 0 Å². The molecule has 14 heavy (non-hydrogen) atoms. The van der Waals surface area contributed by atoms with Crippen LogP contribution < -0.4 is 0 Å². The van der Waals surface area contributed by atoms with Crippen LogP contribution in [-0.2, 0) is 14.9 Å². The molecule has 1 saturated carbocycles. The minimum atomic E-state index is -3.15. The molecule has 4 nitrogen and oxygen atoms in total. The van der Waals surface area contributed by atoms with Gasteiger partial charge in [-0.25, -0.2) is 8.42 Å². The molecule has 0 amide bonds. The second-order valence-electron chi connectivity index (χ2n) is 4.02. The molecule has 2 fully saturated rings. The smallest absolute Gasteiger partial charge is 0.238 e. The SMILES string of the molecule is O=S(=O)(C1CCCCC1)N1CCCO1. The lowest BCUT2D eigenvalue weighted by Crippen LogP contribution is -2.37. The van der Waals surface area contributed by atoms with Gasteiger partial charge in [-0.05, 0) is 19.3 Å². The summed E-state index contributed by atoms with van der Waals surface area (Å²) in [6, 6.07) is 0. The van der Waals surface area contributed by atoms with Crippen molar-refractivity contribution in [3.8, 4) is 0 Å². The van der Waals surface area contributed by atoms with Gasteiger partial charge < -0.3 is 0 Å². The highest BCUT2D eigenvalue weighted by Crippen LogP contribution is 2.27. The molecule has 0 aromatic heterocycles. The summed E-state index contributed by atoms with van der Waals surface area (Å²) >= 11 is 0. The summed E-state index contributed by atoms with van der Waals surface area (Å²) < 4.78 is 25.2. The van der Waals surface area contributed by atoms with Gasteiger partial charge in [-0.1, -0.05) is 23.7 Å². The molecule has 0 spiro atoms. The molecular formula is C9H17NO3S. The van der Waals surface area contributed by atoms with Crippen LogP contribution in [0.4, 0.5) is 0 Å². The van der Waals surface area contributed by atoms with Crippen LogP contribution in [0, 0.1) is 0 Å². The third-order valence-corrected chi connectivity index (χ3v) is 5.15. The van der Waals surface area contributed by atoms with Gasteiger partial charge in [0.15, 0.2) is 0 Å². The van der Waals surface area contributed by atoms with E-state index in [-0.39, 0.29) is 5.25 Å². The Morgan fingerprint density at radius 2 is 1.79 bits per heavy atom. The zero-order valence-corrected chi connectivity index (χ0v) is 9.13. The highest BCUT2D eigenvalue weighted by atomic mass is 32.2. The molecule has 0 aromatic rings. The van der Waals surface area contributed by atoms with Crippen LogP contribution in [0.1, 0.15) is 38.5 Å². The number of hydroxylamine groups is 1. The largest absolute Gasteiger partial charge is 0.284 e. The number of rotatable bonds is 2. The molecule has 0 radical (unpaired) electrons. The molecule has 2 rings (SSSR count). The van der Waals surface area contributed by atoms with Crippen LogP contribution in [0.2, 0.25) is 0 Å². The van der Waals surface area contributed by atoms with Gasteiger partial charge in [-0.2, -0.15) is 0 Å². The Balaban J connectivity index is 2.05. The first-order valence-corrected chi connectivity index (χ1v) is 6.86. The number of hydrogen-bond donors (Lipinski definition) is 0. The van der Waals surface area contributed by atoms with Crippen molar-refractivity contribution in [3.63, 3.8) is 0 Å². The van der Waals surface area contributed by atoms with Gasteiger partial charge in [0.1, 0.15) is 0 Å². The van der Waals surface area contributed by atoms with Crippen LogP contribution in [0.25, 0.3) is 0 Å². The van der Waals surface area contributed by atoms with E-state index in [4.69, 9.17) is 4.84 Å². The van der Waals surface area contributed by atoms with Crippen LogP contribution in [0.15, 0.2) is 0 Å². The Hall–Kier alpha value is -0.130. The summed E-state index contributed by atoms with van der Waals surface area (Å²) in [5.41, 5.74) is 0. The van der Waals surface area contributed by atoms with E-state index in [1.54, 1.807) is 0 Å². The van der Waals surface area contributed by atoms with E-state index < -0.39 is 10.0 Å². The summed E-state index contributed by atoms with van der Waals surface area (Å²) in [6.07, 6.45) is 5.69. The van der Waals surface area contributed by atoms with Crippen molar-refractivity contribution >= 4 is 10.0 Å². The Morgan fingerprint density at radius 3 is 2.36 bits per heavy atom. The van der Waals surface area contributed by atoms with Crippen LogP contribution in [-0.4, -0.2) is 31.3 Å². The van der Waals surface area contributed by atoms with Crippen molar-refractivity contribution in [2.24, 2.45) is 0 Å². The molecule has 0 bridgehead atoms. The maximum atomic E-state index is 12.0. The first-order valence-electron chi connectivity index (χ1n) is 5.36. The Labute approximate surface area is 85.2 Å². The van der Waals surface area contributed by atoms with Crippen molar-refractivity contribution in [2.45, 2.75) is 43.8 Å². The molecular weight excluding hydrogens is 202 g/mol. The lowest BCUT2D eigenvalue weighted by atomic mass is 10.0. The van der Waals surface area contributed by atoms with Crippen molar-refractivity contribution < 1.29 is 13.3 Å². The first kappa shape index (κ1) is 10.4. The standard InChI is InChI=1S/C9H17NO3S/c11-14(12,10-7-4-8-13-10)9-5-2-1-3-6-9/h9H,1-8H2. The fraction of sp³-hybridized carbons (Fsp3) is 1.00. The molecule has 5 heteroatoms. The molecule has 2 aliphatic rings. The van der Waals surface area contributed by atoms with Gasteiger partial charge in [0, 0.05) is 6.54 Å². The molecule has 1 heterocycles. The van der Waals surface area contributed by atoms with Gasteiger partial charge in [0.25, 0.3) is 0 Å². The highest BCUT2D eigenvalue weighted by molar-refractivity contribution is 7.89. The van der Waals surface area contributed by atoms with E-state index in [1.165, 1.54) is 10.9 Å². The Kier molecular flexibility index (Phi) is 3.09.